The molecule has 1 aromatic carbocycles. The van der Waals surface area contributed by atoms with E-state index in [1.54, 1.807) is 45.5 Å². The lowest BCUT2D eigenvalue weighted by Crippen LogP contribution is -2.63. The van der Waals surface area contributed by atoms with Gasteiger partial charge in [-0.3, -0.25) is 19.3 Å². The average Bonchev–Trinajstić information content (AvgIpc) is 2.75. The van der Waals surface area contributed by atoms with Crippen molar-refractivity contribution in [2.24, 2.45) is 22.6 Å². The lowest BCUT2D eigenvalue weighted by atomic mass is 9.58. The van der Waals surface area contributed by atoms with Gasteiger partial charge in [-0.15, -0.1) is 0 Å². The number of nitrogens with zero attached hydrogens (tertiary/aromatic N) is 3. The maximum atomic E-state index is 13.6. The second-order valence-corrected chi connectivity index (χ2v) is 9.63. The van der Waals surface area contributed by atoms with E-state index < -0.39 is 58.0 Å². The van der Waals surface area contributed by atoms with Gasteiger partial charge in [-0.1, -0.05) is 0 Å². The quantitative estimate of drug-likeness (QED) is 0.229. The van der Waals surface area contributed by atoms with Gasteiger partial charge in [0.1, 0.15) is 22.8 Å². The molecule has 0 aromatic heterocycles. The number of carbonyl (C=O) groups is 3. The molecule has 3 aliphatic carbocycles. The summed E-state index contributed by atoms with van der Waals surface area (Å²) in [5.74, 6) is -6.79. The van der Waals surface area contributed by atoms with E-state index >= 15 is 0 Å². The van der Waals surface area contributed by atoms with Crippen LogP contribution in [0, 0.1) is 11.8 Å². The van der Waals surface area contributed by atoms with Gasteiger partial charge in [0.05, 0.1) is 23.6 Å². The molecule has 0 saturated carbocycles. The summed E-state index contributed by atoms with van der Waals surface area (Å²) in [6.07, 6.45) is 1.76. The molecule has 11 nitrogen and oxygen atoms in total. The second kappa shape index (κ2) is 8.21. The molecule has 0 fully saturated rings. The number of phenols is 1. The molecule has 6 N–H and O–H groups in total. The number of ketones is 2. The Morgan fingerprint density at radius 1 is 1.17 bits per heavy atom. The Hall–Kier alpha value is -3.70. The number of carbonyl (C=O) groups excluding carboxylic acids is 3. The molecule has 0 spiro atoms. The fourth-order valence-corrected chi connectivity index (χ4v) is 5.53. The molecule has 3 aliphatic rings. The maximum absolute atomic E-state index is 13.6. The number of hydrogen-bond donors (Lipinski definition) is 5. The van der Waals surface area contributed by atoms with Gasteiger partial charge in [0.15, 0.2) is 11.4 Å². The molecule has 35 heavy (non-hydrogen) atoms. The predicted octanol–water partition coefficient (Wildman–Crippen LogP) is 0.342. The van der Waals surface area contributed by atoms with E-state index in [0.29, 0.717) is 11.3 Å². The normalized spacial score (nSPS) is 28.3. The van der Waals surface area contributed by atoms with Crippen LogP contribution in [-0.2, 0) is 16.0 Å². The van der Waals surface area contributed by atoms with Crippen LogP contribution >= 0.6 is 0 Å². The van der Waals surface area contributed by atoms with Gasteiger partial charge in [0.25, 0.3) is 5.91 Å². The van der Waals surface area contributed by atoms with Gasteiger partial charge < -0.3 is 31.1 Å². The van der Waals surface area contributed by atoms with Crippen molar-refractivity contribution in [2.75, 3.05) is 28.2 Å². The first-order chi connectivity index (χ1) is 16.3. The van der Waals surface area contributed by atoms with Crippen molar-refractivity contribution in [2.45, 2.75) is 24.5 Å². The van der Waals surface area contributed by atoms with Crippen LogP contribution in [0.2, 0.25) is 0 Å². The number of nitrogens with two attached hydrogens (primary N) is 1. The van der Waals surface area contributed by atoms with E-state index in [0.717, 1.165) is 0 Å². The highest BCUT2D eigenvalue weighted by Gasteiger charge is 2.63. The summed E-state index contributed by atoms with van der Waals surface area (Å²) < 4.78 is 0. The van der Waals surface area contributed by atoms with E-state index in [1.165, 1.54) is 11.0 Å². The summed E-state index contributed by atoms with van der Waals surface area (Å²) in [5.41, 5.74) is 2.50. The van der Waals surface area contributed by atoms with Crippen LogP contribution in [0.25, 0.3) is 0 Å². The zero-order chi connectivity index (χ0) is 26.0. The van der Waals surface area contributed by atoms with Crippen LogP contribution in [0.3, 0.4) is 0 Å². The highest BCUT2D eigenvalue weighted by atomic mass is 16.3. The van der Waals surface area contributed by atoms with Crippen molar-refractivity contribution in [3.05, 3.63) is 45.9 Å². The van der Waals surface area contributed by atoms with Gasteiger partial charge in [-0.2, -0.15) is 0 Å². The molecule has 0 bridgehead atoms. The number of aromatic hydroxyl groups is 1. The Morgan fingerprint density at radius 2 is 1.83 bits per heavy atom. The molecule has 1 amide bonds. The molecule has 0 saturated heterocycles. The minimum atomic E-state index is -2.65. The summed E-state index contributed by atoms with van der Waals surface area (Å²) in [7, 11) is 6.73. The van der Waals surface area contributed by atoms with Crippen LogP contribution < -0.4 is 5.73 Å². The molecule has 4 atom stereocenters. The fourth-order valence-electron chi connectivity index (χ4n) is 5.53. The van der Waals surface area contributed by atoms with Crippen LogP contribution in [0.4, 0.5) is 5.69 Å². The molecule has 0 heterocycles. The molecule has 0 aliphatic heterocycles. The van der Waals surface area contributed by atoms with E-state index in [1.807, 2.05) is 0 Å². The van der Waals surface area contributed by atoms with Gasteiger partial charge in [0.2, 0.25) is 5.78 Å². The Morgan fingerprint density at radius 3 is 2.40 bits per heavy atom. The third kappa shape index (κ3) is 3.41. The topological polar surface area (TPSA) is 177 Å². The summed E-state index contributed by atoms with van der Waals surface area (Å²) >= 11 is 0. The summed E-state index contributed by atoms with van der Waals surface area (Å²) in [4.78, 5) is 46.4. The SMILES string of the molecule is CN(C)/C=N/c1ccc(O)c2c1C[C@@H]1C[C@@H]3[C@@H](N(C)C)C(O)=C(C(N)=O)C(=O)[C@]3(O)C(O)=C1C2=O. The maximum Gasteiger partial charge on any atom is 0.255 e. The number of hydrogen-bond acceptors (Lipinski definition) is 9. The number of allylic oxidation sites excluding steroid dienone is 1. The average molecular weight is 485 g/mol. The number of aliphatic hydroxyl groups excluding tert-OH is 2. The number of phenolic OH excluding ortho intramolecular Hbond substituents is 1. The van der Waals surface area contributed by atoms with Crippen molar-refractivity contribution in [1.82, 2.24) is 9.80 Å². The Labute approximate surface area is 201 Å². The largest absolute Gasteiger partial charge is 0.510 e. The molecule has 1 aromatic rings. The predicted molar refractivity (Wildman–Crippen MR) is 126 cm³/mol. The zero-order valence-electron chi connectivity index (χ0n) is 19.8. The number of rotatable bonds is 4. The highest BCUT2D eigenvalue weighted by Crippen LogP contribution is 2.53. The minimum absolute atomic E-state index is 0.0260. The first kappa shape index (κ1) is 24.4. The molecular weight excluding hydrogens is 456 g/mol. The minimum Gasteiger partial charge on any atom is -0.510 e. The number of amides is 1. The summed E-state index contributed by atoms with van der Waals surface area (Å²) in [6, 6.07) is 1.86. The summed E-state index contributed by atoms with van der Waals surface area (Å²) in [6.45, 7) is 0. The van der Waals surface area contributed by atoms with Crippen LogP contribution in [0.1, 0.15) is 22.3 Å². The lowest BCUT2D eigenvalue weighted by molar-refractivity contribution is -0.148. The first-order valence-corrected chi connectivity index (χ1v) is 11.0. The first-order valence-electron chi connectivity index (χ1n) is 11.0. The molecular formula is C24H28N4O7. The molecule has 0 radical (unpaired) electrons. The summed E-state index contributed by atoms with van der Waals surface area (Å²) in [5, 5.41) is 44.1. The number of primary amides is 1. The van der Waals surface area contributed by atoms with Crippen molar-refractivity contribution < 1.29 is 34.8 Å². The molecule has 11 heteroatoms. The van der Waals surface area contributed by atoms with Crippen LogP contribution in [0.15, 0.2) is 39.8 Å². The number of benzene rings is 1. The van der Waals surface area contributed by atoms with E-state index in [4.69, 9.17) is 5.73 Å². The lowest BCUT2D eigenvalue weighted by Gasteiger charge is -2.50. The van der Waals surface area contributed by atoms with Gasteiger partial charge in [0, 0.05) is 25.6 Å². The number of Topliss-reactive ketones (excluding diaryl/α,β-unsaturated/α-hetero) is 2. The van der Waals surface area contributed by atoms with Crippen molar-refractivity contribution in [3.8, 4) is 5.75 Å². The number of aliphatic hydroxyl groups is 3. The molecule has 4 rings (SSSR count). The number of aliphatic imine (C=N–C) groups is 1. The molecule has 186 valence electrons. The Bertz CT molecular complexity index is 1250. The third-order valence-corrected chi connectivity index (χ3v) is 7.01. The Kier molecular flexibility index (Phi) is 5.73. The standard InChI is InChI=1S/C24H28N4O7/c1-27(2)9-26-13-5-6-14(29)16-11(13)7-10-8-12-18(28(3)4)20(31)17(23(25)34)22(33)24(12,35)21(32)15(10)19(16)30/h5-6,9-10,12,18,29,31-32,35H,7-8H2,1-4H3,(H2,25,34)/b26-9+/t10-,12-,18-,24-/m1/s1. The second-order valence-electron chi connectivity index (χ2n) is 9.63. The van der Waals surface area contributed by atoms with Crippen LogP contribution in [-0.4, -0.2) is 93.9 Å². The third-order valence-electron chi connectivity index (χ3n) is 7.01. The fraction of sp³-hybridized carbons (Fsp3) is 0.417. The van der Waals surface area contributed by atoms with Gasteiger partial charge >= 0.3 is 0 Å². The number of likely N-dealkylation sites (N-methyl/N-ethyl adjacent to an activating group) is 1. The monoisotopic (exact) mass is 484 g/mol. The smallest absolute Gasteiger partial charge is 0.255 e. The van der Waals surface area contributed by atoms with Gasteiger partial charge in [-0.25, -0.2) is 4.99 Å². The van der Waals surface area contributed by atoms with E-state index in [9.17, 15) is 34.8 Å². The molecule has 0 unspecified atom stereocenters. The Balaban J connectivity index is 1.94. The zero-order valence-corrected chi connectivity index (χ0v) is 19.8. The number of fused-ring (bicyclic) bond motifs is 3. The van der Waals surface area contributed by atoms with E-state index in [2.05, 4.69) is 4.99 Å². The van der Waals surface area contributed by atoms with Crippen LogP contribution in [0.5, 0.6) is 5.75 Å². The highest BCUT2D eigenvalue weighted by molar-refractivity contribution is 6.24. The van der Waals surface area contributed by atoms with Crippen molar-refractivity contribution >= 4 is 29.5 Å². The van der Waals surface area contributed by atoms with Crippen molar-refractivity contribution in [3.63, 3.8) is 0 Å². The van der Waals surface area contributed by atoms with Crippen molar-refractivity contribution in [1.29, 1.82) is 0 Å². The van der Waals surface area contributed by atoms with E-state index in [-0.39, 0.29) is 29.7 Å². The van der Waals surface area contributed by atoms with Gasteiger partial charge in [-0.05, 0) is 50.6 Å².